The van der Waals surface area contributed by atoms with Crippen molar-refractivity contribution in [3.63, 3.8) is 0 Å². The first-order valence-corrected chi connectivity index (χ1v) is 10.9. The van der Waals surface area contributed by atoms with E-state index in [-0.39, 0.29) is 5.91 Å². The van der Waals surface area contributed by atoms with E-state index in [4.69, 9.17) is 9.97 Å². The van der Waals surface area contributed by atoms with Gasteiger partial charge in [0.25, 0.3) is 5.91 Å². The molecule has 8 nitrogen and oxygen atoms in total. The van der Waals surface area contributed by atoms with Crippen molar-refractivity contribution in [2.24, 2.45) is 0 Å². The molecule has 0 aliphatic carbocycles. The number of benzene rings is 2. The molecule has 8 heteroatoms. The lowest BCUT2D eigenvalue weighted by atomic mass is 10.1. The summed E-state index contributed by atoms with van der Waals surface area (Å²) < 4.78 is 0. The number of nitrogens with zero attached hydrogens (tertiary/aromatic N) is 6. The Labute approximate surface area is 189 Å². The van der Waals surface area contributed by atoms with Gasteiger partial charge in [0.1, 0.15) is 5.82 Å². The van der Waals surface area contributed by atoms with E-state index in [1.807, 2.05) is 53.4 Å². The van der Waals surface area contributed by atoms with Crippen LogP contribution < -0.4 is 4.90 Å². The van der Waals surface area contributed by atoms with Gasteiger partial charge in [-0.2, -0.15) is 0 Å². The Morgan fingerprint density at radius 3 is 2.64 bits per heavy atom. The van der Waals surface area contributed by atoms with Gasteiger partial charge in [0.2, 0.25) is 0 Å². The lowest BCUT2D eigenvalue weighted by Gasteiger charge is -2.36. The average molecular weight is 435 g/mol. The van der Waals surface area contributed by atoms with Gasteiger partial charge < -0.3 is 14.8 Å². The first-order chi connectivity index (χ1) is 16.3. The second-order valence-corrected chi connectivity index (χ2v) is 8.04. The van der Waals surface area contributed by atoms with Gasteiger partial charge in [0, 0.05) is 55.1 Å². The summed E-state index contributed by atoms with van der Waals surface area (Å²) in [6, 6.07) is 17.5. The zero-order chi connectivity index (χ0) is 22.2. The molecule has 0 unspecified atom stereocenters. The maximum Gasteiger partial charge on any atom is 0.254 e. The van der Waals surface area contributed by atoms with Gasteiger partial charge in [0.05, 0.1) is 22.9 Å². The minimum Gasteiger partial charge on any atom is -0.352 e. The van der Waals surface area contributed by atoms with Gasteiger partial charge in [-0.1, -0.05) is 12.1 Å². The third-order valence-corrected chi connectivity index (χ3v) is 6.04. The van der Waals surface area contributed by atoms with Crippen LogP contribution in [0.25, 0.3) is 33.3 Å². The van der Waals surface area contributed by atoms with E-state index in [2.05, 4.69) is 25.9 Å². The van der Waals surface area contributed by atoms with E-state index in [1.54, 1.807) is 18.7 Å². The molecule has 6 rings (SSSR count). The number of piperazine rings is 1. The standard InChI is InChI=1S/C25H21N7O/c33-25(17-7-8-21-22(14-17)28-16-27-21)32-12-10-31(11-13-32)24-19-5-1-2-6-20(19)29-23(30-24)18-4-3-9-26-15-18/h1-9,14-16H,10-13H2,(H,27,28). The number of amides is 1. The highest BCUT2D eigenvalue weighted by Gasteiger charge is 2.25. The van der Waals surface area contributed by atoms with Crippen molar-refractivity contribution in [2.45, 2.75) is 0 Å². The lowest BCUT2D eigenvalue weighted by molar-refractivity contribution is 0.0747. The Balaban J connectivity index is 1.27. The second-order valence-electron chi connectivity index (χ2n) is 8.04. The zero-order valence-electron chi connectivity index (χ0n) is 17.8. The van der Waals surface area contributed by atoms with Crippen LogP contribution >= 0.6 is 0 Å². The Hall–Kier alpha value is -4.33. The van der Waals surface area contributed by atoms with Crippen molar-refractivity contribution in [1.29, 1.82) is 0 Å². The van der Waals surface area contributed by atoms with Crippen LogP contribution in [0, 0.1) is 0 Å². The highest BCUT2D eigenvalue weighted by atomic mass is 16.2. The molecule has 162 valence electrons. The van der Waals surface area contributed by atoms with E-state index in [1.165, 1.54) is 0 Å². The van der Waals surface area contributed by atoms with E-state index in [9.17, 15) is 4.79 Å². The summed E-state index contributed by atoms with van der Waals surface area (Å²) in [6.07, 6.45) is 5.16. The van der Waals surface area contributed by atoms with Crippen molar-refractivity contribution >= 4 is 33.7 Å². The highest BCUT2D eigenvalue weighted by molar-refractivity contribution is 5.97. The number of hydrogen-bond donors (Lipinski definition) is 1. The number of fused-ring (bicyclic) bond motifs is 2. The summed E-state index contributed by atoms with van der Waals surface area (Å²) in [4.78, 5) is 38.4. The predicted molar refractivity (Wildman–Crippen MR) is 127 cm³/mol. The fourth-order valence-electron chi connectivity index (χ4n) is 4.30. The zero-order valence-corrected chi connectivity index (χ0v) is 17.8. The molecule has 0 saturated carbocycles. The number of rotatable bonds is 3. The molecule has 0 spiro atoms. The number of pyridine rings is 1. The van der Waals surface area contributed by atoms with E-state index >= 15 is 0 Å². The molecule has 1 aliphatic rings. The summed E-state index contributed by atoms with van der Waals surface area (Å²) in [5.74, 6) is 1.59. The average Bonchev–Trinajstić information content (AvgIpc) is 3.36. The number of hydrogen-bond acceptors (Lipinski definition) is 6. The van der Waals surface area contributed by atoms with Gasteiger partial charge in [-0.25, -0.2) is 15.0 Å². The third kappa shape index (κ3) is 3.55. The SMILES string of the molecule is O=C(c1ccc2nc[nH]c2c1)N1CCN(c2nc(-c3cccnc3)nc3ccccc23)CC1. The van der Waals surface area contributed by atoms with Crippen molar-refractivity contribution in [1.82, 2.24) is 29.8 Å². The van der Waals surface area contributed by atoms with Gasteiger partial charge in [-0.05, 0) is 42.5 Å². The number of aromatic amines is 1. The molecule has 3 aromatic heterocycles. The lowest BCUT2D eigenvalue weighted by Crippen LogP contribution is -2.49. The number of carbonyl (C=O) groups excluding carboxylic acids is 1. The number of anilines is 1. The Bertz CT molecular complexity index is 1460. The van der Waals surface area contributed by atoms with Crippen molar-refractivity contribution in [2.75, 3.05) is 31.1 Å². The van der Waals surface area contributed by atoms with Gasteiger partial charge in [-0.15, -0.1) is 0 Å². The number of nitrogens with one attached hydrogen (secondary N) is 1. The normalized spacial score (nSPS) is 14.2. The van der Waals surface area contributed by atoms with Crippen LogP contribution in [0.1, 0.15) is 10.4 Å². The smallest absolute Gasteiger partial charge is 0.254 e. The summed E-state index contributed by atoms with van der Waals surface area (Å²) in [5.41, 5.74) is 4.18. The molecule has 5 aromatic rings. The quantitative estimate of drug-likeness (QED) is 0.466. The number of H-pyrrole nitrogens is 1. The summed E-state index contributed by atoms with van der Waals surface area (Å²) >= 11 is 0. The fraction of sp³-hybridized carbons (Fsp3) is 0.160. The third-order valence-electron chi connectivity index (χ3n) is 6.04. The molecule has 1 aliphatic heterocycles. The molecule has 1 N–H and O–H groups in total. The first kappa shape index (κ1) is 19.4. The second kappa shape index (κ2) is 7.98. The van der Waals surface area contributed by atoms with Gasteiger partial charge in [-0.3, -0.25) is 9.78 Å². The first-order valence-electron chi connectivity index (χ1n) is 10.9. The van der Waals surface area contributed by atoms with Gasteiger partial charge in [0.15, 0.2) is 5.82 Å². The van der Waals surface area contributed by atoms with Crippen LogP contribution in [0.15, 0.2) is 73.3 Å². The molecule has 1 fully saturated rings. The van der Waals surface area contributed by atoms with Crippen molar-refractivity contribution in [3.8, 4) is 11.4 Å². The van der Waals surface area contributed by atoms with Gasteiger partial charge >= 0.3 is 0 Å². The topological polar surface area (TPSA) is 90.9 Å². The largest absolute Gasteiger partial charge is 0.352 e. The van der Waals surface area contributed by atoms with Crippen LogP contribution in [0.5, 0.6) is 0 Å². The molecular formula is C25H21N7O. The summed E-state index contributed by atoms with van der Waals surface area (Å²) in [7, 11) is 0. The minimum atomic E-state index is 0.0368. The molecular weight excluding hydrogens is 414 g/mol. The Kier molecular flexibility index (Phi) is 4.68. The monoisotopic (exact) mass is 435 g/mol. The van der Waals surface area contributed by atoms with Crippen LogP contribution in [0.2, 0.25) is 0 Å². The predicted octanol–water partition coefficient (Wildman–Crippen LogP) is 3.53. The Morgan fingerprint density at radius 2 is 1.79 bits per heavy atom. The van der Waals surface area contributed by atoms with Crippen LogP contribution in [-0.2, 0) is 0 Å². The number of aromatic nitrogens is 5. The number of imidazole rings is 1. The Morgan fingerprint density at radius 1 is 0.909 bits per heavy atom. The number of para-hydroxylation sites is 1. The molecule has 0 bridgehead atoms. The maximum atomic E-state index is 13.1. The minimum absolute atomic E-state index is 0.0368. The summed E-state index contributed by atoms with van der Waals surface area (Å²) in [5, 5.41) is 1.01. The van der Waals surface area contributed by atoms with Crippen molar-refractivity contribution < 1.29 is 4.79 Å². The van der Waals surface area contributed by atoms with Crippen LogP contribution in [0.4, 0.5) is 5.82 Å². The van der Waals surface area contributed by atoms with E-state index in [0.717, 1.165) is 33.3 Å². The molecule has 0 atom stereocenters. The number of carbonyl (C=O) groups is 1. The summed E-state index contributed by atoms with van der Waals surface area (Å²) in [6.45, 7) is 2.65. The van der Waals surface area contributed by atoms with Crippen LogP contribution in [0.3, 0.4) is 0 Å². The maximum absolute atomic E-state index is 13.1. The molecule has 0 radical (unpaired) electrons. The van der Waals surface area contributed by atoms with E-state index in [0.29, 0.717) is 37.6 Å². The molecule has 33 heavy (non-hydrogen) atoms. The molecule has 1 amide bonds. The molecule has 2 aromatic carbocycles. The molecule has 4 heterocycles. The molecule has 1 saturated heterocycles. The highest BCUT2D eigenvalue weighted by Crippen LogP contribution is 2.28. The van der Waals surface area contributed by atoms with E-state index < -0.39 is 0 Å². The fourth-order valence-corrected chi connectivity index (χ4v) is 4.30. The van der Waals surface area contributed by atoms with Crippen LogP contribution in [-0.4, -0.2) is 61.9 Å². The van der Waals surface area contributed by atoms with Crippen molar-refractivity contribution in [3.05, 3.63) is 78.9 Å².